The Labute approximate surface area is 128 Å². The average Bonchev–Trinajstić information content (AvgIpc) is 2.34. The number of likely N-dealkylation sites (N-methyl/N-ethyl adjacent to an activating group) is 1. The topological polar surface area (TPSA) is 3.24 Å². The molecule has 0 saturated heterocycles. The molecule has 1 aromatic carbocycles. The number of rotatable bonds is 1. The number of hydrogen-bond acceptors (Lipinski definition) is 1. The Morgan fingerprint density at radius 1 is 1.29 bits per heavy atom. The Kier molecular flexibility index (Phi) is 4.93. The van der Waals surface area contributed by atoms with Gasteiger partial charge in [-0.15, -0.1) is 24.5 Å². The second-order valence-electron chi connectivity index (χ2n) is 3.57. The van der Waals surface area contributed by atoms with Gasteiger partial charge in [-0.25, -0.2) is 0 Å². The van der Waals surface area contributed by atoms with Crippen LogP contribution in [-0.2, 0) is 32.7 Å². The Morgan fingerprint density at radius 3 is 2.53 bits per heavy atom. The molecule has 0 aliphatic carbocycles. The van der Waals surface area contributed by atoms with Crippen LogP contribution in [0.15, 0.2) is 54.3 Å². The third kappa shape index (κ3) is 2.78. The van der Waals surface area contributed by atoms with Gasteiger partial charge >= 0.3 is 0 Å². The van der Waals surface area contributed by atoms with Crippen molar-refractivity contribution in [3.8, 4) is 12.3 Å². The van der Waals surface area contributed by atoms with Crippen LogP contribution >= 0.6 is 0 Å². The summed E-state index contributed by atoms with van der Waals surface area (Å²) in [5.41, 5.74) is 3.71. The zero-order valence-corrected chi connectivity index (χ0v) is 12.6. The molecule has 0 N–H and O–H groups in total. The summed E-state index contributed by atoms with van der Waals surface area (Å²) in [6.07, 6.45) is 10.4. The molecule has 0 aromatic heterocycles. The molecule has 0 bridgehead atoms. The summed E-state index contributed by atoms with van der Waals surface area (Å²) in [7, 11) is 1.95. The van der Waals surface area contributed by atoms with Crippen LogP contribution in [0.25, 0.3) is 5.70 Å². The van der Waals surface area contributed by atoms with E-state index in [9.17, 15) is 0 Å². The molecule has 0 atom stereocenters. The van der Waals surface area contributed by atoms with Gasteiger partial charge in [0, 0.05) is 39.8 Å². The van der Waals surface area contributed by atoms with Crippen molar-refractivity contribution in [1.82, 2.24) is 4.90 Å². The minimum absolute atomic E-state index is 0. The number of terminal acetylenes is 1. The molecule has 1 aliphatic rings. The van der Waals surface area contributed by atoms with Crippen molar-refractivity contribution in [1.29, 1.82) is 0 Å². The number of benzene rings is 1. The quantitative estimate of drug-likeness (QED) is 0.569. The fourth-order valence-electron chi connectivity index (χ4n) is 1.63. The predicted molar refractivity (Wildman–Crippen MR) is 66.9 cm³/mol. The van der Waals surface area contributed by atoms with Crippen molar-refractivity contribution in [2.24, 2.45) is 0 Å². The third-order valence-electron chi connectivity index (χ3n) is 2.61. The SMILES string of the molecule is C#CC1=C[C-]=C(c2ccccc2)N(C)C1=C.[Y]. The van der Waals surface area contributed by atoms with Gasteiger partial charge in [-0.1, -0.05) is 41.6 Å². The molecule has 2 heteroatoms. The maximum Gasteiger partial charge on any atom is 0.00849 e. The van der Waals surface area contributed by atoms with Crippen LogP contribution in [-0.4, -0.2) is 11.9 Å². The third-order valence-corrected chi connectivity index (χ3v) is 2.61. The van der Waals surface area contributed by atoms with Crippen LogP contribution in [0.3, 0.4) is 0 Å². The molecule has 0 spiro atoms. The number of hydrogen-bond donors (Lipinski definition) is 0. The molecule has 0 amide bonds. The minimum Gasteiger partial charge on any atom is -0.377 e. The molecule has 0 unspecified atom stereocenters. The largest absolute Gasteiger partial charge is 0.377 e. The average molecular weight is 295 g/mol. The van der Waals surface area contributed by atoms with Crippen LogP contribution in [0.1, 0.15) is 5.56 Å². The summed E-state index contributed by atoms with van der Waals surface area (Å²) in [5.74, 6) is 2.60. The van der Waals surface area contributed by atoms with Crippen molar-refractivity contribution in [3.63, 3.8) is 0 Å². The molecular weight excluding hydrogens is 283 g/mol. The minimum atomic E-state index is 0. The smallest absolute Gasteiger partial charge is 0.00849 e. The molecule has 1 nitrogen and oxygen atoms in total. The Hall–Kier alpha value is -1.10. The van der Waals surface area contributed by atoms with E-state index in [-0.39, 0.29) is 32.7 Å². The van der Waals surface area contributed by atoms with Crippen molar-refractivity contribution in [3.05, 3.63) is 65.9 Å². The summed E-state index contributed by atoms with van der Waals surface area (Å²) in [6, 6.07) is 10.1. The number of nitrogens with zero attached hydrogens (tertiary/aromatic N) is 1. The number of allylic oxidation sites excluding steroid dienone is 3. The first-order valence-electron chi connectivity index (χ1n) is 5.02. The van der Waals surface area contributed by atoms with Crippen LogP contribution in [0.5, 0.6) is 0 Å². The van der Waals surface area contributed by atoms with E-state index in [1.165, 1.54) is 0 Å². The molecule has 1 radical (unpaired) electrons. The molecule has 81 valence electrons. The summed E-state index contributed by atoms with van der Waals surface area (Å²) >= 11 is 0. The van der Waals surface area contributed by atoms with Crippen molar-refractivity contribution < 1.29 is 32.7 Å². The Bertz CT molecular complexity index is 518. The predicted octanol–water partition coefficient (Wildman–Crippen LogP) is 2.85. The first kappa shape index (κ1) is 14.0. The molecule has 2 rings (SSSR count). The molecule has 1 aromatic rings. The van der Waals surface area contributed by atoms with Crippen LogP contribution in [0.2, 0.25) is 0 Å². The van der Waals surface area contributed by atoms with E-state index in [1.807, 2.05) is 48.4 Å². The Morgan fingerprint density at radius 2 is 1.94 bits per heavy atom. The van der Waals surface area contributed by atoms with Gasteiger partial charge in [0.25, 0.3) is 0 Å². The van der Waals surface area contributed by atoms with Gasteiger partial charge in [0.05, 0.1) is 0 Å². The van der Waals surface area contributed by atoms with Crippen LogP contribution in [0, 0.1) is 18.4 Å². The van der Waals surface area contributed by atoms with Crippen LogP contribution in [0.4, 0.5) is 0 Å². The van der Waals surface area contributed by atoms with E-state index < -0.39 is 0 Å². The summed E-state index contributed by atoms with van der Waals surface area (Å²) in [5, 5.41) is 0. The van der Waals surface area contributed by atoms with Gasteiger partial charge in [0.1, 0.15) is 0 Å². The van der Waals surface area contributed by atoms with Crippen molar-refractivity contribution >= 4 is 5.70 Å². The molecular formula is C15H12NY-. The van der Waals surface area contributed by atoms with E-state index in [4.69, 9.17) is 6.42 Å². The zero-order valence-electron chi connectivity index (χ0n) is 9.77. The van der Waals surface area contributed by atoms with Gasteiger partial charge in [-0.2, -0.15) is 12.2 Å². The van der Waals surface area contributed by atoms with E-state index in [0.717, 1.165) is 22.5 Å². The molecule has 17 heavy (non-hydrogen) atoms. The van der Waals surface area contributed by atoms with E-state index in [0.29, 0.717) is 0 Å². The van der Waals surface area contributed by atoms with Gasteiger partial charge in [-0.3, -0.25) is 0 Å². The van der Waals surface area contributed by atoms with Crippen molar-refractivity contribution in [2.75, 3.05) is 7.05 Å². The summed E-state index contributed by atoms with van der Waals surface area (Å²) in [4.78, 5) is 1.96. The van der Waals surface area contributed by atoms with Gasteiger partial charge in [0.15, 0.2) is 0 Å². The maximum atomic E-state index is 5.38. The monoisotopic (exact) mass is 295 g/mol. The Balaban J connectivity index is 0.00000144. The fraction of sp³-hybridized carbons (Fsp3) is 0.0667. The summed E-state index contributed by atoms with van der Waals surface area (Å²) in [6.45, 7) is 3.98. The summed E-state index contributed by atoms with van der Waals surface area (Å²) < 4.78 is 0. The van der Waals surface area contributed by atoms with Gasteiger partial charge in [-0.05, 0) is 5.70 Å². The van der Waals surface area contributed by atoms with E-state index in [2.05, 4.69) is 18.6 Å². The van der Waals surface area contributed by atoms with Crippen LogP contribution < -0.4 is 0 Å². The first-order valence-corrected chi connectivity index (χ1v) is 5.02. The fourth-order valence-corrected chi connectivity index (χ4v) is 1.63. The molecule has 0 saturated carbocycles. The zero-order chi connectivity index (χ0) is 11.5. The molecule has 1 aliphatic heterocycles. The first-order chi connectivity index (χ1) is 7.74. The second kappa shape index (κ2) is 6.01. The van der Waals surface area contributed by atoms with E-state index in [1.54, 1.807) is 0 Å². The van der Waals surface area contributed by atoms with Gasteiger partial charge in [0.2, 0.25) is 0 Å². The maximum absolute atomic E-state index is 5.38. The van der Waals surface area contributed by atoms with Gasteiger partial charge < -0.3 is 4.90 Å². The standard InChI is InChI=1S/C15H12N.Y/c1-4-13-10-11-15(16(3)12(13)2)14-8-6-5-7-9-14;/h1,5-10H,2H2,3H3;/q-1;. The second-order valence-corrected chi connectivity index (χ2v) is 3.57. The van der Waals surface area contributed by atoms with E-state index >= 15 is 0 Å². The normalized spacial score (nSPS) is 14.4. The molecule has 0 fully saturated rings. The van der Waals surface area contributed by atoms with Crippen molar-refractivity contribution in [2.45, 2.75) is 0 Å². The molecule has 1 heterocycles.